The maximum absolute atomic E-state index is 11.1. The molecule has 1 aliphatic rings. The van der Waals surface area contributed by atoms with Crippen LogP contribution in [0.3, 0.4) is 0 Å². The third kappa shape index (κ3) is 3.62. The van der Waals surface area contributed by atoms with Crippen LogP contribution in [-0.4, -0.2) is 39.1 Å². The summed E-state index contributed by atoms with van der Waals surface area (Å²) in [7, 11) is -2.72. The van der Waals surface area contributed by atoms with Crippen molar-refractivity contribution in [3.63, 3.8) is 0 Å². The monoisotopic (exact) mass is 206 g/mol. The fourth-order valence-electron chi connectivity index (χ4n) is 1.48. The normalized spacial score (nSPS) is 28.9. The molecule has 1 aliphatic heterocycles. The van der Waals surface area contributed by atoms with Gasteiger partial charge in [-0.2, -0.15) is 0 Å². The van der Waals surface area contributed by atoms with Gasteiger partial charge in [-0.05, 0) is 25.8 Å². The van der Waals surface area contributed by atoms with E-state index in [-0.39, 0.29) is 6.04 Å². The SMILES string of the molecule is CC(CN)NCC1CCS(=O)(=O)C1. The number of nitrogens with one attached hydrogen (secondary N) is 1. The minimum atomic E-state index is -2.72. The van der Waals surface area contributed by atoms with Crippen molar-refractivity contribution in [2.24, 2.45) is 11.7 Å². The van der Waals surface area contributed by atoms with Gasteiger partial charge in [0.1, 0.15) is 0 Å². The summed E-state index contributed by atoms with van der Waals surface area (Å²) in [6, 6.07) is 0.281. The second kappa shape index (κ2) is 4.39. The molecule has 2 unspecified atom stereocenters. The Balaban J connectivity index is 2.25. The summed E-state index contributed by atoms with van der Waals surface area (Å²) in [4.78, 5) is 0. The van der Waals surface area contributed by atoms with Crippen molar-refractivity contribution in [1.29, 1.82) is 0 Å². The van der Waals surface area contributed by atoms with E-state index in [1.54, 1.807) is 0 Å². The van der Waals surface area contributed by atoms with Crippen LogP contribution < -0.4 is 11.1 Å². The van der Waals surface area contributed by atoms with Crippen molar-refractivity contribution >= 4 is 9.84 Å². The Morgan fingerprint density at radius 2 is 2.31 bits per heavy atom. The number of nitrogens with two attached hydrogens (primary N) is 1. The second-order valence-electron chi connectivity index (χ2n) is 3.81. The number of rotatable bonds is 4. The smallest absolute Gasteiger partial charge is 0.150 e. The Labute approximate surface area is 79.8 Å². The Morgan fingerprint density at radius 1 is 1.62 bits per heavy atom. The topological polar surface area (TPSA) is 72.2 Å². The highest BCUT2D eigenvalue weighted by molar-refractivity contribution is 7.91. The van der Waals surface area contributed by atoms with Gasteiger partial charge in [0.05, 0.1) is 11.5 Å². The molecular formula is C8H18N2O2S. The lowest BCUT2D eigenvalue weighted by atomic mass is 10.1. The zero-order valence-corrected chi connectivity index (χ0v) is 8.81. The molecule has 1 fully saturated rings. The summed E-state index contributed by atoms with van der Waals surface area (Å²) in [5, 5.41) is 3.22. The van der Waals surface area contributed by atoms with E-state index in [4.69, 9.17) is 5.73 Å². The molecule has 0 aliphatic carbocycles. The van der Waals surface area contributed by atoms with Gasteiger partial charge in [-0.15, -0.1) is 0 Å². The molecule has 2 atom stereocenters. The molecule has 0 amide bonds. The third-order valence-electron chi connectivity index (χ3n) is 2.44. The summed E-state index contributed by atoms with van der Waals surface area (Å²) in [5.41, 5.74) is 5.43. The van der Waals surface area contributed by atoms with Crippen LogP contribution in [-0.2, 0) is 9.84 Å². The van der Waals surface area contributed by atoms with Gasteiger partial charge >= 0.3 is 0 Å². The van der Waals surface area contributed by atoms with E-state index < -0.39 is 9.84 Å². The predicted molar refractivity (Wildman–Crippen MR) is 53.3 cm³/mol. The van der Waals surface area contributed by atoms with Gasteiger partial charge in [0, 0.05) is 12.6 Å². The quantitative estimate of drug-likeness (QED) is 0.641. The van der Waals surface area contributed by atoms with Crippen LogP contribution in [0.1, 0.15) is 13.3 Å². The van der Waals surface area contributed by atoms with Crippen molar-refractivity contribution in [2.75, 3.05) is 24.6 Å². The average Bonchev–Trinajstić information content (AvgIpc) is 2.41. The molecule has 1 saturated heterocycles. The third-order valence-corrected chi connectivity index (χ3v) is 4.27. The molecule has 3 N–H and O–H groups in total. The zero-order chi connectivity index (χ0) is 9.90. The van der Waals surface area contributed by atoms with Crippen LogP contribution in [0.5, 0.6) is 0 Å². The maximum atomic E-state index is 11.1. The van der Waals surface area contributed by atoms with Crippen molar-refractivity contribution in [3.05, 3.63) is 0 Å². The fourth-order valence-corrected chi connectivity index (χ4v) is 3.35. The first-order chi connectivity index (χ1) is 6.03. The number of sulfone groups is 1. The summed E-state index contributed by atoms with van der Waals surface area (Å²) < 4.78 is 22.2. The molecule has 1 rings (SSSR count). The highest BCUT2D eigenvalue weighted by Gasteiger charge is 2.27. The van der Waals surface area contributed by atoms with Gasteiger partial charge in [0.15, 0.2) is 9.84 Å². The first kappa shape index (κ1) is 10.9. The lowest BCUT2D eigenvalue weighted by Crippen LogP contribution is -2.36. The van der Waals surface area contributed by atoms with Gasteiger partial charge in [-0.3, -0.25) is 0 Å². The second-order valence-corrected chi connectivity index (χ2v) is 6.04. The van der Waals surface area contributed by atoms with Crippen LogP contribution in [0, 0.1) is 5.92 Å². The highest BCUT2D eigenvalue weighted by atomic mass is 32.2. The van der Waals surface area contributed by atoms with Crippen LogP contribution in [0.15, 0.2) is 0 Å². The summed E-state index contributed by atoms with van der Waals surface area (Å²) in [6.45, 7) is 3.38. The number of hydrogen-bond donors (Lipinski definition) is 2. The van der Waals surface area contributed by atoms with E-state index >= 15 is 0 Å². The molecule has 4 nitrogen and oxygen atoms in total. The molecule has 0 aromatic heterocycles. The van der Waals surface area contributed by atoms with E-state index in [0.717, 1.165) is 13.0 Å². The Kier molecular flexibility index (Phi) is 3.70. The zero-order valence-electron chi connectivity index (χ0n) is 7.99. The molecule has 0 saturated carbocycles. The lowest BCUT2D eigenvalue weighted by molar-refractivity contribution is 0.471. The van der Waals surface area contributed by atoms with Crippen molar-refractivity contribution in [2.45, 2.75) is 19.4 Å². The molecule has 1 heterocycles. The summed E-state index contributed by atoms with van der Waals surface area (Å²) >= 11 is 0. The van der Waals surface area contributed by atoms with E-state index in [1.807, 2.05) is 6.92 Å². The van der Waals surface area contributed by atoms with Gasteiger partial charge in [0.25, 0.3) is 0 Å². The van der Waals surface area contributed by atoms with E-state index in [9.17, 15) is 8.42 Å². The van der Waals surface area contributed by atoms with E-state index in [1.165, 1.54) is 0 Å². The minimum Gasteiger partial charge on any atom is -0.329 e. The molecule has 0 aromatic rings. The largest absolute Gasteiger partial charge is 0.329 e. The molecule has 0 bridgehead atoms. The van der Waals surface area contributed by atoms with Crippen molar-refractivity contribution in [3.8, 4) is 0 Å². The molecule has 13 heavy (non-hydrogen) atoms. The molecule has 5 heteroatoms. The van der Waals surface area contributed by atoms with Crippen LogP contribution in [0.25, 0.3) is 0 Å². The summed E-state index contributed by atoms with van der Waals surface area (Å²) in [6.07, 6.45) is 0.798. The summed E-state index contributed by atoms with van der Waals surface area (Å²) in [5.74, 6) is 0.993. The van der Waals surface area contributed by atoms with Gasteiger partial charge in [-0.1, -0.05) is 0 Å². The van der Waals surface area contributed by atoms with Crippen LogP contribution in [0.4, 0.5) is 0 Å². The van der Waals surface area contributed by atoms with E-state index in [2.05, 4.69) is 5.32 Å². The van der Waals surface area contributed by atoms with Gasteiger partial charge in [-0.25, -0.2) is 8.42 Å². The van der Waals surface area contributed by atoms with Crippen LogP contribution in [0.2, 0.25) is 0 Å². The maximum Gasteiger partial charge on any atom is 0.150 e. The van der Waals surface area contributed by atoms with Gasteiger partial charge < -0.3 is 11.1 Å². The number of hydrogen-bond acceptors (Lipinski definition) is 4. The lowest BCUT2D eigenvalue weighted by Gasteiger charge is -2.14. The first-order valence-corrected chi connectivity index (χ1v) is 6.49. The Hall–Kier alpha value is -0.130. The molecule has 0 spiro atoms. The van der Waals surface area contributed by atoms with Crippen LogP contribution >= 0.6 is 0 Å². The first-order valence-electron chi connectivity index (χ1n) is 4.67. The molecule has 0 aromatic carbocycles. The standard InChI is InChI=1S/C8H18N2O2S/c1-7(4-9)10-5-8-2-3-13(11,12)6-8/h7-8,10H,2-6,9H2,1H3. The highest BCUT2D eigenvalue weighted by Crippen LogP contribution is 2.17. The van der Waals surface area contributed by atoms with Crippen molar-refractivity contribution in [1.82, 2.24) is 5.32 Å². The molecular weight excluding hydrogens is 188 g/mol. The molecule has 78 valence electrons. The predicted octanol–water partition coefficient (Wildman–Crippen LogP) is -0.642. The molecule has 0 radical (unpaired) electrons. The van der Waals surface area contributed by atoms with Gasteiger partial charge in [0.2, 0.25) is 0 Å². The minimum absolute atomic E-state index is 0.281. The van der Waals surface area contributed by atoms with Crippen molar-refractivity contribution < 1.29 is 8.42 Å². The fraction of sp³-hybridized carbons (Fsp3) is 1.00. The Morgan fingerprint density at radius 3 is 2.77 bits per heavy atom. The Bertz CT molecular complexity index is 251. The average molecular weight is 206 g/mol. The van der Waals surface area contributed by atoms with E-state index in [0.29, 0.717) is 24.0 Å².